The van der Waals surface area contributed by atoms with Crippen molar-refractivity contribution in [3.8, 4) is 11.5 Å². The fourth-order valence-corrected chi connectivity index (χ4v) is 2.23. The Kier molecular flexibility index (Phi) is 7.61. The summed E-state index contributed by atoms with van der Waals surface area (Å²) in [5.74, 6) is 1.57. The Balaban J connectivity index is 2.62. The minimum absolute atomic E-state index is 0.0780. The smallest absolute Gasteiger partial charge is 0.219 e. The van der Waals surface area contributed by atoms with Crippen LogP contribution in [0.1, 0.15) is 31.7 Å². The van der Waals surface area contributed by atoms with Gasteiger partial charge in [-0.2, -0.15) is 0 Å². The number of hydrogen-bond acceptors (Lipinski definition) is 4. The van der Waals surface area contributed by atoms with E-state index in [0.717, 1.165) is 29.9 Å². The van der Waals surface area contributed by atoms with Crippen molar-refractivity contribution < 1.29 is 14.3 Å². The summed E-state index contributed by atoms with van der Waals surface area (Å²) in [7, 11) is 4.94. The molecule has 2 N–H and O–H groups in total. The maximum absolute atomic E-state index is 11.3. The van der Waals surface area contributed by atoms with E-state index in [4.69, 9.17) is 9.47 Å². The highest BCUT2D eigenvalue weighted by molar-refractivity contribution is 5.75. The van der Waals surface area contributed by atoms with Crippen LogP contribution >= 0.6 is 0 Å². The summed E-state index contributed by atoms with van der Waals surface area (Å²) in [5, 5.41) is 6.12. The third-order valence-corrected chi connectivity index (χ3v) is 3.56. The van der Waals surface area contributed by atoms with Gasteiger partial charge in [-0.3, -0.25) is 4.79 Å². The van der Waals surface area contributed by atoms with E-state index in [9.17, 15) is 4.79 Å². The summed E-state index contributed by atoms with van der Waals surface area (Å²) in [6.45, 7) is 2.80. The van der Waals surface area contributed by atoms with Crippen LogP contribution in [0.4, 0.5) is 0 Å². The predicted molar refractivity (Wildman–Crippen MR) is 83.8 cm³/mol. The molecule has 1 amide bonds. The van der Waals surface area contributed by atoms with Crippen LogP contribution in [0.5, 0.6) is 11.5 Å². The number of methoxy groups -OCH3 is 2. The lowest BCUT2D eigenvalue weighted by Gasteiger charge is -2.18. The Morgan fingerprint density at radius 2 is 2.05 bits per heavy atom. The van der Waals surface area contributed by atoms with Crippen molar-refractivity contribution in [2.45, 2.75) is 38.8 Å². The van der Waals surface area contributed by atoms with Crippen LogP contribution < -0.4 is 20.1 Å². The quantitative estimate of drug-likeness (QED) is 0.732. The molecule has 0 aromatic heterocycles. The van der Waals surface area contributed by atoms with Crippen molar-refractivity contribution in [2.75, 3.05) is 21.3 Å². The minimum Gasteiger partial charge on any atom is -0.493 e. The summed E-state index contributed by atoms with van der Waals surface area (Å²) < 4.78 is 10.7. The van der Waals surface area contributed by atoms with Crippen molar-refractivity contribution in [1.29, 1.82) is 0 Å². The molecule has 1 rings (SSSR count). The van der Waals surface area contributed by atoms with E-state index in [1.54, 1.807) is 21.3 Å². The highest BCUT2D eigenvalue weighted by Gasteiger charge is 2.12. The third-order valence-electron chi connectivity index (χ3n) is 3.56. The Morgan fingerprint density at radius 3 is 2.62 bits per heavy atom. The summed E-state index contributed by atoms with van der Waals surface area (Å²) in [4.78, 5) is 11.3. The second-order valence-electron chi connectivity index (χ2n) is 4.85. The average Bonchev–Trinajstić information content (AvgIpc) is 2.53. The van der Waals surface area contributed by atoms with E-state index in [1.807, 2.05) is 18.2 Å². The molecule has 1 atom stereocenters. The maximum atomic E-state index is 11.3. The molecule has 0 bridgehead atoms. The molecule has 0 heterocycles. The van der Waals surface area contributed by atoms with Gasteiger partial charge in [-0.15, -0.1) is 0 Å². The first-order valence-corrected chi connectivity index (χ1v) is 7.30. The molecule has 0 aliphatic rings. The Labute approximate surface area is 127 Å². The molecule has 5 heteroatoms. The Hall–Kier alpha value is -1.75. The van der Waals surface area contributed by atoms with Gasteiger partial charge in [0.1, 0.15) is 0 Å². The number of rotatable bonds is 9. The van der Waals surface area contributed by atoms with E-state index in [0.29, 0.717) is 19.0 Å². The van der Waals surface area contributed by atoms with E-state index < -0.39 is 0 Å². The third kappa shape index (κ3) is 5.27. The average molecular weight is 294 g/mol. The van der Waals surface area contributed by atoms with Crippen molar-refractivity contribution in [3.63, 3.8) is 0 Å². The van der Waals surface area contributed by atoms with Crippen LogP contribution in [0, 0.1) is 0 Å². The van der Waals surface area contributed by atoms with Crippen molar-refractivity contribution in [1.82, 2.24) is 10.6 Å². The second-order valence-corrected chi connectivity index (χ2v) is 4.85. The lowest BCUT2D eigenvalue weighted by atomic mass is 10.1. The fraction of sp³-hybridized carbons (Fsp3) is 0.562. The summed E-state index contributed by atoms with van der Waals surface area (Å²) in [5.41, 5.74) is 1.05. The van der Waals surface area contributed by atoms with Crippen LogP contribution in [0.15, 0.2) is 18.2 Å². The van der Waals surface area contributed by atoms with Gasteiger partial charge >= 0.3 is 0 Å². The van der Waals surface area contributed by atoms with Gasteiger partial charge in [0.2, 0.25) is 5.91 Å². The highest BCUT2D eigenvalue weighted by Crippen LogP contribution is 2.30. The molecule has 0 spiro atoms. The molecule has 0 saturated carbocycles. The molecular weight excluding hydrogens is 268 g/mol. The van der Waals surface area contributed by atoms with Gasteiger partial charge in [-0.25, -0.2) is 0 Å². The van der Waals surface area contributed by atoms with Gasteiger partial charge in [0.25, 0.3) is 0 Å². The lowest BCUT2D eigenvalue weighted by Crippen LogP contribution is -2.30. The first kappa shape index (κ1) is 17.3. The largest absolute Gasteiger partial charge is 0.493 e. The number of ether oxygens (including phenoxy) is 2. The van der Waals surface area contributed by atoms with Crippen LogP contribution in [0.25, 0.3) is 0 Å². The number of hydrogen-bond donors (Lipinski definition) is 2. The number of para-hydroxylation sites is 1. The number of amides is 1. The number of carbonyl (C=O) groups is 1. The second kappa shape index (κ2) is 9.23. The molecule has 21 heavy (non-hydrogen) atoms. The molecule has 5 nitrogen and oxygen atoms in total. The van der Waals surface area contributed by atoms with Crippen molar-refractivity contribution >= 4 is 5.91 Å². The van der Waals surface area contributed by atoms with Gasteiger partial charge in [-0.05, 0) is 18.9 Å². The van der Waals surface area contributed by atoms with Gasteiger partial charge < -0.3 is 20.1 Å². The van der Waals surface area contributed by atoms with E-state index in [1.165, 1.54) is 0 Å². The summed E-state index contributed by atoms with van der Waals surface area (Å²) in [6.07, 6.45) is 2.34. The standard InChI is InChI=1S/C16H26N2O3/c1-5-13(9-10-15(19)17-2)18-11-12-7-6-8-14(20-3)16(12)21-4/h6-8,13,18H,5,9-11H2,1-4H3,(H,17,19)/t13-/m0/s1. The molecule has 0 aliphatic heterocycles. The zero-order valence-electron chi connectivity index (χ0n) is 13.4. The number of nitrogens with one attached hydrogen (secondary N) is 2. The zero-order valence-corrected chi connectivity index (χ0v) is 13.4. The lowest BCUT2D eigenvalue weighted by molar-refractivity contribution is -0.120. The topological polar surface area (TPSA) is 59.6 Å². The highest BCUT2D eigenvalue weighted by atomic mass is 16.5. The molecule has 118 valence electrons. The fourth-order valence-electron chi connectivity index (χ4n) is 2.23. The van der Waals surface area contributed by atoms with Crippen LogP contribution in [-0.4, -0.2) is 33.2 Å². The van der Waals surface area contributed by atoms with E-state index in [-0.39, 0.29) is 5.91 Å². The summed E-state index contributed by atoms with van der Waals surface area (Å²) in [6, 6.07) is 6.15. The number of carbonyl (C=O) groups excluding carboxylic acids is 1. The molecule has 0 aliphatic carbocycles. The predicted octanol–water partition coefficient (Wildman–Crippen LogP) is 2.10. The SMILES string of the molecule is CC[C@@H](CCC(=O)NC)NCc1cccc(OC)c1OC. The molecular formula is C16H26N2O3. The minimum atomic E-state index is 0.0780. The van der Waals surface area contributed by atoms with Crippen molar-refractivity contribution in [3.05, 3.63) is 23.8 Å². The van der Waals surface area contributed by atoms with Crippen molar-refractivity contribution in [2.24, 2.45) is 0 Å². The summed E-state index contributed by atoms with van der Waals surface area (Å²) >= 11 is 0. The monoisotopic (exact) mass is 294 g/mol. The molecule has 0 saturated heterocycles. The zero-order chi connectivity index (χ0) is 15.7. The number of benzene rings is 1. The molecule has 0 unspecified atom stereocenters. The van der Waals surface area contributed by atoms with Gasteiger partial charge in [0, 0.05) is 31.6 Å². The Bertz CT molecular complexity index is 449. The Morgan fingerprint density at radius 1 is 1.29 bits per heavy atom. The first-order chi connectivity index (χ1) is 10.2. The normalized spacial score (nSPS) is 11.8. The molecule has 1 aromatic rings. The molecule has 0 radical (unpaired) electrons. The maximum Gasteiger partial charge on any atom is 0.219 e. The first-order valence-electron chi connectivity index (χ1n) is 7.30. The molecule has 0 fully saturated rings. The van der Waals surface area contributed by atoms with Crippen LogP contribution in [0.3, 0.4) is 0 Å². The van der Waals surface area contributed by atoms with Gasteiger partial charge in [-0.1, -0.05) is 19.1 Å². The van der Waals surface area contributed by atoms with Crippen LogP contribution in [0.2, 0.25) is 0 Å². The van der Waals surface area contributed by atoms with Gasteiger partial charge in [0.15, 0.2) is 11.5 Å². The van der Waals surface area contributed by atoms with E-state index >= 15 is 0 Å². The van der Waals surface area contributed by atoms with E-state index in [2.05, 4.69) is 17.6 Å². The van der Waals surface area contributed by atoms with Gasteiger partial charge in [0.05, 0.1) is 14.2 Å². The molecule has 1 aromatic carbocycles. The van der Waals surface area contributed by atoms with Crippen LogP contribution in [-0.2, 0) is 11.3 Å².